The minimum atomic E-state index is -0.284. The molecule has 89 valence electrons. The first-order valence-corrected chi connectivity index (χ1v) is 6.10. The summed E-state index contributed by atoms with van der Waals surface area (Å²) in [6, 6.07) is 3.05. The van der Waals surface area contributed by atoms with E-state index in [1.165, 1.54) is 6.07 Å². The molecule has 0 heterocycles. The van der Waals surface area contributed by atoms with Crippen LogP contribution in [0.5, 0.6) is 0 Å². The fourth-order valence-electron chi connectivity index (χ4n) is 1.44. The Hall–Kier alpha value is -0.610. The van der Waals surface area contributed by atoms with Crippen LogP contribution in [-0.2, 0) is 6.42 Å². The van der Waals surface area contributed by atoms with Crippen molar-refractivity contribution >= 4 is 21.6 Å². The molecule has 0 amide bonds. The first-order valence-electron chi connectivity index (χ1n) is 5.31. The molecule has 4 heteroatoms. The molecule has 0 bridgehead atoms. The molecule has 0 spiro atoms. The molecule has 1 rings (SSSR count). The number of anilines is 1. The van der Waals surface area contributed by atoms with E-state index in [0.717, 1.165) is 24.8 Å². The molecule has 0 aliphatic heterocycles. The third-order valence-electron chi connectivity index (χ3n) is 2.36. The largest absolute Gasteiger partial charge is 0.398 e. The lowest BCUT2D eigenvalue weighted by Gasteiger charge is -2.06. The van der Waals surface area contributed by atoms with Gasteiger partial charge in [-0.2, -0.15) is 0 Å². The molecule has 0 saturated carbocycles. The van der Waals surface area contributed by atoms with Crippen LogP contribution in [0.4, 0.5) is 10.1 Å². The molecule has 0 aliphatic carbocycles. The summed E-state index contributed by atoms with van der Waals surface area (Å²) >= 11 is 3.09. The van der Waals surface area contributed by atoms with Gasteiger partial charge in [-0.25, -0.2) is 4.39 Å². The maximum Gasteiger partial charge on any atom is 0.137 e. The van der Waals surface area contributed by atoms with E-state index in [1.54, 1.807) is 6.07 Å². The van der Waals surface area contributed by atoms with Gasteiger partial charge in [0.2, 0.25) is 0 Å². The maximum atomic E-state index is 13.2. The van der Waals surface area contributed by atoms with E-state index >= 15 is 0 Å². The van der Waals surface area contributed by atoms with E-state index < -0.39 is 0 Å². The molecule has 2 nitrogen and oxygen atoms in total. The Morgan fingerprint density at radius 3 is 2.81 bits per heavy atom. The molecule has 0 saturated heterocycles. The Morgan fingerprint density at radius 2 is 2.12 bits per heavy atom. The minimum absolute atomic E-state index is 0.225. The predicted molar refractivity (Wildman–Crippen MR) is 67.5 cm³/mol. The van der Waals surface area contributed by atoms with Gasteiger partial charge in [0, 0.05) is 12.3 Å². The van der Waals surface area contributed by atoms with Crippen LogP contribution in [-0.4, -0.2) is 11.7 Å². The zero-order chi connectivity index (χ0) is 12.0. The van der Waals surface area contributed by atoms with Crippen molar-refractivity contribution in [3.8, 4) is 0 Å². The van der Waals surface area contributed by atoms with Crippen molar-refractivity contribution in [3.05, 3.63) is 34.4 Å². The molecule has 1 aromatic rings. The topological polar surface area (TPSA) is 46.2 Å². The average Bonchev–Trinajstić information content (AvgIpc) is 2.25. The summed E-state index contributed by atoms with van der Waals surface area (Å²) in [6.45, 7) is 0.225. The Balaban J connectivity index is 2.45. The third-order valence-corrected chi connectivity index (χ3v) is 2.97. The highest BCUT2D eigenvalue weighted by Crippen LogP contribution is 2.23. The molecule has 1 aromatic carbocycles. The predicted octanol–water partition coefficient (Wildman–Crippen LogP) is 3.08. The monoisotopic (exact) mass is 288 g/mol. The van der Waals surface area contributed by atoms with E-state index in [2.05, 4.69) is 22.4 Å². The molecule has 1 radical (unpaired) electrons. The van der Waals surface area contributed by atoms with Gasteiger partial charge in [-0.05, 0) is 59.3 Å². The summed E-state index contributed by atoms with van der Waals surface area (Å²) in [5, 5.41) is 8.60. The van der Waals surface area contributed by atoms with Gasteiger partial charge in [0.15, 0.2) is 0 Å². The summed E-state index contributed by atoms with van der Waals surface area (Å²) in [4.78, 5) is 0. The van der Waals surface area contributed by atoms with Gasteiger partial charge in [0.1, 0.15) is 5.82 Å². The second kappa shape index (κ2) is 6.86. The number of nitrogen functional groups attached to an aromatic ring is 1. The molecule has 0 aromatic heterocycles. The second-order valence-electron chi connectivity index (χ2n) is 3.68. The standard InChI is InChI=1S/C12H16BrFNO/c13-10-8-12(15)9(7-11(10)14)5-3-1-2-4-6-16/h3,7-8,16H,1-2,4-6,15H2. The molecule has 0 fully saturated rings. The normalized spacial score (nSPS) is 10.7. The second-order valence-corrected chi connectivity index (χ2v) is 4.53. The van der Waals surface area contributed by atoms with Crippen molar-refractivity contribution in [1.29, 1.82) is 0 Å². The van der Waals surface area contributed by atoms with E-state index in [0.29, 0.717) is 16.6 Å². The first kappa shape index (κ1) is 13.5. The highest BCUT2D eigenvalue weighted by Gasteiger charge is 2.05. The zero-order valence-electron chi connectivity index (χ0n) is 9.05. The molecular formula is C12H16BrFNO. The number of halogens is 2. The Bertz CT molecular complexity index is 344. The molecule has 16 heavy (non-hydrogen) atoms. The SMILES string of the molecule is Nc1cc(Br)c(F)cc1C[CH]CCCCO. The molecule has 0 atom stereocenters. The van der Waals surface area contributed by atoms with Gasteiger partial charge in [0.25, 0.3) is 0 Å². The van der Waals surface area contributed by atoms with Crippen LogP contribution < -0.4 is 5.73 Å². The summed E-state index contributed by atoms with van der Waals surface area (Å²) in [5.41, 5.74) is 7.19. The first-order chi connectivity index (χ1) is 7.65. The Kier molecular flexibility index (Phi) is 5.77. The van der Waals surface area contributed by atoms with E-state index in [9.17, 15) is 4.39 Å². The van der Waals surface area contributed by atoms with Crippen molar-refractivity contribution in [3.63, 3.8) is 0 Å². The number of nitrogens with two attached hydrogens (primary N) is 1. The number of hydrogen-bond acceptors (Lipinski definition) is 2. The Labute approximate surface area is 104 Å². The van der Waals surface area contributed by atoms with Crippen LogP contribution in [0.25, 0.3) is 0 Å². The number of unbranched alkanes of at least 4 members (excludes halogenated alkanes) is 3. The van der Waals surface area contributed by atoms with Crippen LogP contribution in [0.15, 0.2) is 16.6 Å². The number of hydrogen-bond donors (Lipinski definition) is 2. The van der Waals surface area contributed by atoms with Crippen LogP contribution in [0.3, 0.4) is 0 Å². The van der Waals surface area contributed by atoms with Crippen LogP contribution >= 0.6 is 15.9 Å². The number of aliphatic hydroxyl groups excluding tert-OH is 1. The molecule has 3 N–H and O–H groups in total. The van der Waals surface area contributed by atoms with Crippen molar-refractivity contribution in [2.45, 2.75) is 25.7 Å². The van der Waals surface area contributed by atoms with E-state index in [4.69, 9.17) is 10.8 Å². The molecule has 0 aliphatic rings. The zero-order valence-corrected chi connectivity index (χ0v) is 10.6. The van der Waals surface area contributed by atoms with E-state index in [-0.39, 0.29) is 12.4 Å². The van der Waals surface area contributed by atoms with Crippen LogP contribution in [0.1, 0.15) is 24.8 Å². The fourth-order valence-corrected chi connectivity index (χ4v) is 1.80. The number of rotatable bonds is 6. The fraction of sp³-hybridized carbons (Fsp3) is 0.417. The highest BCUT2D eigenvalue weighted by atomic mass is 79.9. The Morgan fingerprint density at radius 1 is 1.38 bits per heavy atom. The van der Waals surface area contributed by atoms with Crippen LogP contribution in [0, 0.1) is 12.2 Å². The molecular weight excluding hydrogens is 273 g/mol. The van der Waals surface area contributed by atoms with Crippen LogP contribution in [0.2, 0.25) is 0 Å². The quantitative estimate of drug-likeness (QED) is 0.624. The summed E-state index contributed by atoms with van der Waals surface area (Å²) in [6.07, 6.45) is 5.41. The third kappa shape index (κ3) is 4.10. The highest BCUT2D eigenvalue weighted by molar-refractivity contribution is 9.10. The van der Waals surface area contributed by atoms with Crippen molar-refractivity contribution in [2.75, 3.05) is 12.3 Å². The summed E-state index contributed by atoms with van der Waals surface area (Å²) < 4.78 is 13.6. The lowest BCUT2D eigenvalue weighted by molar-refractivity contribution is 0.284. The number of aliphatic hydroxyl groups is 1. The van der Waals surface area contributed by atoms with Gasteiger partial charge < -0.3 is 10.8 Å². The maximum absolute atomic E-state index is 13.2. The lowest BCUT2D eigenvalue weighted by Crippen LogP contribution is -1.97. The average molecular weight is 289 g/mol. The number of benzene rings is 1. The van der Waals surface area contributed by atoms with Gasteiger partial charge in [-0.1, -0.05) is 6.42 Å². The van der Waals surface area contributed by atoms with E-state index in [1.807, 2.05) is 0 Å². The smallest absolute Gasteiger partial charge is 0.137 e. The van der Waals surface area contributed by atoms with Crippen molar-refractivity contribution in [2.24, 2.45) is 0 Å². The lowest BCUT2D eigenvalue weighted by atomic mass is 10.0. The van der Waals surface area contributed by atoms with Gasteiger partial charge >= 0.3 is 0 Å². The minimum Gasteiger partial charge on any atom is -0.398 e. The molecule has 0 unspecified atom stereocenters. The summed E-state index contributed by atoms with van der Waals surface area (Å²) in [7, 11) is 0. The van der Waals surface area contributed by atoms with Gasteiger partial charge in [0.05, 0.1) is 4.47 Å². The summed E-state index contributed by atoms with van der Waals surface area (Å²) in [5.74, 6) is -0.284. The van der Waals surface area contributed by atoms with Gasteiger partial charge in [-0.15, -0.1) is 0 Å². The van der Waals surface area contributed by atoms with Gasteiger partial charge in [-0.3, -0.25) is 0 Å². The van der Waals surface area contributed by atoms with Crippen molar-refractivity contribution < 1.29 is 9.50 Å². The van der Waals surface area contributed by atoms with Crippen molar-refractivity contribution in [1.82, 2.24) is 0 Å².